The van der Waals surface area contributed by atoms with E-state index in [2.05, 4.69) is 11.6 Å². The monoisotopic (exact) mass is 372 g/mol. The summed E-state index contributed by atoms with van der Waals surface area (Å²) in [5.41, 5.74) is 2.59. The van der Waals surface area contributed by atoms with Gasteiger partial charge in [-0.1, -0.05) is 38.0 Å². The molecule has 0 fully saturated rings. The molecule has 1 amide bonds. The summed E-state index contributed by atoms with van der Waals surface area (Å²) in [5, 5.41) is 0. The first kappa shape index (κ1) is 18.6. The van der Waals surface area contributed by atoms with Crippen LogP contribution < -0.4 is 9.62 Å². The summed E-state index contributed by atoms with van der Waals surface area (Å²) < 4.78 is 27.2. The van der Waals surface area contributed by atoms with E-state index < -0.39 is 10.0 Å². The molecule has 6 heteroatoms. The lowest BCUT2D eigenvalue weighted by Crippen LogP contribution is -2.29. The number of sulfonamides is 1. The number of hydrogen-bond acceptors (Lipinski definition) is 3. The van der Waals surface area contributed by atoms with Crippen molar-refractivity contribution in [2.45, 2.75) is 37.5 Å². The van der Waals surface area contributed by atoms with Crippen LogP contribution in [0.5, 0.6) is 0 Å². The Bertz CT molecular complexity index is 876. The number of para-hydroxylation sites is 1. The molecule has 0 spiro atoms. The van der Waals surface area contributed by atoms with Crippen molar-refractivity contribution in [1.82, 2.24) is 4.72 Å². The fraction of sp³-hybridized carbons (Fsp3) is 0.350. The van der Waals surface area contributed by atoms with Crippen LogP contribution in [0, 0.1) is 0 Å². The third-order valence-electron chi connectivity index (χ3n) is 4.62. The third kappa shape index (κ3) is 3.97. The number of hydrogen-bond donors (Lipinski definition) is 1. The summed E-state index contributed by atoms with van der Waals surface area (Å²) >= 11 is 0. The van der Waals surface area contributed by atoms with Crippen molar-refractivity contribution >= 4 is 21.6 Å². The summed E-state index contributed by atoms with van der Waals surface area (Å²) in [6, 6.07) is 14.0. The molecule has 26 heavy (non-hydrogen) atoms. The largest absolute Gasteiger partial charge is 0.308 e. The highest BCUT2D eigenvalue weighted by molar-refractivity contribution is 7.89. The molecule has 0 aliphatic carbocycles. The molecule has 0 saturated carbocycles. The summed E-state index contributed by atoms with van der Waals surface area (Å²) in [5.74, 6) is -0.102. The van der Waals surface area contributed by atoms with Crippen molar-refractivity contribution in [3.8, 4) is 0 Å². The minimum atomic E-state index is -3.53. The number of benzene rings is 2. The summed E-state index contributed by atoms with van der Waals surface area (Å²) in [7, 11) is -3.53. The van der Waals surface area contributed by atoms with Crippen LogP contribution in [0.25, 0.3) is 0 Å². The van der Waals surface area contributed by atoms with Gasteiger partial charge in [0.2, 0.25) is 10.0 Å². The van der Waals surface area contributed by atoms with Gasteiger partial charge in [0.25, 0.3) is 5.91 Å². The molecular formula is C20H24N2O3S. The fourth-order valence-electron chi connectivity index (χ4n) is 3.15. The zero-order valence-electron chi connectivity index (χ0n) is 14.9. The number of nitrogens with one attached hydrogen (secondary N) is 1. The molecular weight excluding hydrogens is 348 g/mol. The van der Waals surface area contributed by atoms with Crippen LogP contribution in [-0.4, -0.2) is 27.4 Å². The lowest BCUT2D eigenvalue weighted by Gasteiger charge is -2.17. The minimum absolute atomic E-state index is 0.102. The number of rotatable bonds is 7. The first-order valence-corrected chi connectivity index (χ1v) is 10.5. The predicted octanol–water partition coefficient (Wildman–Crippen LogP) is 3.36. The number of carbonyl (C=O) groups excluding carboxylic acids is 1. The molecule has 1 aliphatic heterocycles. The number of carbonyl (C=O) groups is 1. The Morgan fingerprint density at radius 2 is 1.81 bits per heavy atom. The zero-order chi connectivity index (χ0) is 18.6. The molecule has 1 N–H and O–H groups in total. The van der Waals surface area contributed by atoms with Crippen LogP contribution in [0.15, 0.2) is 53.4 Å². The van der Waals surface area contributed by atoms with Gasteiger partial charge >= 0.3 is 0 Å². The van der Waals surface area contributed by atoms with Gasteiger partial charge in [-0.2, -0.15) is 0 Å². The van der Waals surface area contributed by atoms with E-state index in [4.69, 9.17) is 0 Å². The number of nitrogens with zero attached hydrogens (tertiary/aromatic N) is 1. The second-order valence-electron chi connectivity index (χ2n) is 6.46. The van der Waals surface area contributed by atoms with Crippen molar-refractivity contribution in [3.63, 3.8) is 0 Å². The van der Waals surface area contributed by atoms with E-state index in [0.717, 1.165) is 36.9 Å². The Kier molecular flexibility index (Phi) is 5.74. The summed E-state index contributed by atoms with van der Waals surface area (Å²) in [6.07, 6.45) is 3.70. The number of fused-ring (bicyclic) bond motifs is 1. The Morgan fingerprint density at radius 3 is 2.54 bits per heavy atom. The maximum Gasteiger partial charge on any atom is 0.258 e. The van der Waals surface area contributed by atoms with E-state index in [1.807, 2.05) is 24.3 Å². The van der Waals surface area contributed by atoms with E-state index in [9.17, 15) is 13.2 Å². The van der Waals surface area contributed by atoms with Gasteiger partial charge in [-0.25, -0.2) is 13.1 Å². The predicted molar refractivity (Wildman–Crippen MR) is 103 cm³/mol. The van der Waals surface area contributed by atoms with Gasteiger partial charge in [-0.3, -0.25) is 4.79 Å². The average molecular weight is 372 g/mol. The van der Waals surface area contributed by atoms with E-state index in [1.54, 1.807) is 17.0 Å². The van der Waals surface area contributed by atoms with Gasteiger partial charge < -0.3 is 4.90 Å². The zero-order valence-corrected chi connectivity index (χ0v) is 15.8. The smallest absolute Gasteiger partial charge is 0.258 e. The molecule has 3 rings (SSSR count). The molecule has 1 heterocycles. The van der Waals surface area contributed by atoms with E-state index >= 15 is 0 Å². The van der Waals surface area contributed by atoms with Crippen molar-refractivity contribution in [2.75, 3.05) is 18.0 Å². The summed E-state index contributed by atoms with van der Waals surface area (Å²) in [4.78, 5) is 14.7. The van der Waals surface area contributed by atoms with Crippen LogP contribution in [0.1, 0.15) is 42.1 Å². The molecule has 0 atom stereocenters. The van der Waals surface area contributed by atoms with Gasteiger partial charge in [-0.05, 0) is 48.7 Å². The van der Waals surface area contributed by atoms with E-state index in [-0.39, 0.29) is 10.8 Å². The van der Waals surface area contributed by atoms with Gasteiger partial charge in [0.1, 0.15) is 0 Å². The molecule has 0 unspecified atom stereocenters. The maximum atomic E-state index is 12.8. The van der Waals surface area contributed by atoms with Gasteiger partial charge in [0.05, 0.1) is 4.90 Å². The first-order valence-electron chi connectivity index (χ1n) is 9.02. The highest BCUT2D eigenvalue weighted by atomic mass is 32.2. The van der Waals surface area contributed by atoms with Gasteiger partial charge in [0, 0.05) is 24.3 Å². The van der Waals surface area contributed by atoms with Crippen molar-refractivity contribution < 1.29 is 13.2 Å². The molecule has 138 valence electrons. The number of anilines is 1. The van der Waals surface area contributed by atoms with Crippen molar-refractivity contribution in [2.24, 2.45) is 0 Å². The van der Waals surface area contributed by atoms with E-state index in [0.29, 0.717) is 18.7 Å². The quantitative estimate of drug-likeness (QED) is 0.758. The number of unbranched alkanes of at least 4 members (excludes halogenated alkanes) is 2. The van der Waals surface area contributed by atoms with Crippen LogP contribution in [-0.2, 0) is 16.4 Å². The highest BCUT2D eigenvalue weighted by Gasteiger charge is 2.25. The Hall–Kier alpha value is -2.18. The Balaban J connectivity index is 1.71. The van der Waals surface area contributed by atoms with Crippen LogP contribution in [0.4, 0.5) is 5.69 Å². The van der Waals surface area contributed by atoms with Crippen LogP contribution in [0.3, 0.4) is 0 Å². The first-order chi connectivity index (χ1) is 12.5. The molecule has 0 aromatic heterocycles. The molecule has 2 aromatic carbocycles. The molecule has 1 aliphatic rings. The van der Waals surface area contributed by atoms with Crippen molar-refractivity contribution in [1.29, 1.82) is 0 Å². The Morgan fingerprint density at radius 1 is 1.08 bits per heavy atom. The molecule has 0 radical (unpaired) electrons. The average Bonchev–Trinajstić information content (AvgIpc) is 3.09. The third-order valence-corrected chi connectivity index (χ3v) is 6.09. The second-order valence-corrected chi connectivity index (χ2v) is 8.23. The molecule has 0 bridgehead atoms. The topological polar surface area (TPSA) is 66.5 Å². The molecule has 0 saturated heterocycles. The molecule has 5 nitrogen and oxygen atoms in total. The number of amides is 1. The van der Waals surface area contributed by atoms with Crippen LogP contribution >= 0.6 is 0 Å². The van der Waals surface area contributed by atoms with Gasteiger partial charge in [-0.15, -0.1) is 0 Å². The van der Waals surface area contributed by atoms with Gasteiger partial charge in [0.15, 0.2) is 0 Å². The Labute approximate surface area is 155 Å². The standard InChI is InChI=1S/C20H24N2O3S/c1-2-3-6-14-21-26(24,25)18-11-9-17(10-12-18)20(23)22-15-13-16-7-4-5-8-19(16)22/h4-5,7-12,21H,2-3,6,13-15H2,1H3. The minimum Gasteiger partial charge on any atom is -0.308 e. The lowest BCUT2D eigenvalue weighted by molar-refractivity contribution is 0.0989. The van der Waals surface area contributed by atoms with E-state index in [1.165, 1.54) is 12.1 Å². The molecule has 2 aromatic rings. The SMILES string of the molecule is CCCCCNS(=O)(=O)c1ccc(C(=O)N2CCc3ccccc32)cc1. The van der Waals surface area contributed by atoms with Crippen molar-refractivity contribution in [3.05, 3.63) is 59.7 Å². The normalized spacial score (nSPS) is 13.7. The fourth-order valence-corrected chi connectivity index (χ4v) is 4.22. The maximum absolute atomic E-state index is 12.8. The highest BCUT2D eigenvalue weighted by Crippen LogP contribution is 2.29. The second kappa shape index (κ2) is 8.01. The van der Waals surface area contributed by atoms with Crippen LogP contribution in [0.2, 0.25) is 0 Å². The lowest BCUT2D eigenvalue weighted by atomic mass is 10.1. The summed E-state index contributed by atoms with van der Waals surface area (Å²) in [6.45, 7) is 3.15.